The fraction of sp³-hybridized carbons (Fsp3) is 0.200. The molecule has 0 spiro atoms. The molecular formula is C15H15Cl. The number of hydrogen-bond donors (Lipinski definition) is 0. The third kappa shape index (κ3) is 2.28. The maximum absolute atomic E-state index is 6.51. The SMILES string of the molecule is Cc1ccc(C)c(C(Cl)c2ccccc2)c1. The van der Waals surface area contributed by atoms with Crippen LogP contribution >= 0.6 is 11.6 Å². The van der Waals surface area contributed by atoms with Gasteiger partial charge >= 0.3 is 0 Å². The van der Waals surface area contributed by atoms with Crippen LogP contribution in [0.15, 0.2) is 48.5 Å². The summed E-state index contributed by atoms with van der Waals surface area (Å²) < 4.78 is 0. The van der Waals surface area contributed by atoms with Crippen molar-refractivity contribution in [2.24, 2.45) is 0 Å². The molecular weight excluding hydrogens is 216 g/mol. The maximum Gasteiger partial charge on any atom is 0.0838 e. The maximum atomic E-state index is 6.51. The summed E-state index contributed by atoms with van der Waals surface area (Å²) in [5.74, 6) is 0. The number of hydrogen-bond acceptors (Lipinski definition) is 0. The minimum atomic E-state index is -0.0545. The van der Waals surface area contributed by atoms with E-state index in [1.807, 2.05) is 18.2 Å². The summed E-state index contributed by atoms with van der Waals surface area (Å²) in [6, 6.07) is 16.6. The summed E-state index contributed by atoms with van der Waals surface area (Å²) in [5, 5.41) is -0.0545. The average Bonchev–Trinajstić information content (AvgIpc) is 2.32. The molecule has 2 rings (SSSR count). The fourth-order valence-electron chi connectivity index (χ4n) is 1.83. The molecule has 2 aromatic carbocycles. The van der Waals surface area contributed by atoms with Gasteiger partial charge in [-0.1, -0.05) is 54.1 Å². The first-order valence-corrected chi connectivity index (χ1v) is 5.88. The fourth-order valence-corrected chi connectivity index (χ4v) is 2.22. The summed E-state index contributed by atoms with van der Waals surface area (Å²) in [7, 11) is 0. The minimum Gasteiger partial charge on any atom is -0.113 e. The first kappa shape index (κ1) is 11.2. The summed E-state index contributed by atoms with van der Waals surface area (Å²) in [6.45, 7) is 4.20. The summed E-state index contributed by atoms with van der Waals surface area (Å²) in [4.78, 5) is 0. The Balaban J connectivity index is 2.41. The van der Waals surface area contributed by atoms with Crippen molar-refractivity contribution >= 4 is 11.6 Å². The van der Waals surface area contributed by atoms with Gasteiger partial charge in [-0.15, -0.1) is 11.6 Å². The standard InChI is InChI=1S/C15H15Cl/c1-11-8-9-12(2)14(10-11)15(16)13-6-4-3-5-7-13/h3-10,15H,1-2H3. The molecule has 0 aromatic heterocycles. The Morgan fingerprint density at radius 2 is 1.62 bits per heavy atom. The lowest BCUT2D eigenvalue weighted by Crippen LogP contribution is -1.96. The van der Waals surface area contributed by atoms with Crippen molar-refractivity contribution in [2.45, 2.75) is 19.2 Å². The van der Waals surface area contributed by atoms with Crippen molar-refractivity contribution in [1.82, 2.24) is 0 Å². The highest BCUT2D eigenvalue weighted by Gasteiger charge is 2.12. The molecule has 16 heavy (non-hydrogen) atoms. The van der Waals surface area contributed by atoms with Crippen LogP contribution in [0.1, 0.15) is 27.6 Å². The Morgan fingerprint density at radius 3 is 2.31 bits per heavy atom. The number of rotatable bonds is 2. The van der Waals surface area contributed by atoms with Crippen LogP contribution in [0.2, 0.25) is 0 Å². The van der Waals surface area contributed by atoms with Gasteiger partial charge in [-0.2, -0.15) is 0 Å². The van der Waals surface area contributed by atoms with Crippen molar-refractivity contribution in [3.63, 3.8) is 0 Å². The molecule has 2 aromatic rings. The van der Waals surface area contributed by atoms with Gasteiger partial charge in [0.1, 0.15) is 0 Å². The third-order valence-corrected chi connectivity index (χ3v) is 3.29. The van der Waals surface area contributed by atoms with Gasteiger partial charge in [-0.25, -0.2) is 0 Å². The van der Waals surface area contributed by atoms with Crippen LogP contribution in [-0.4, -0.2) is 0 Å². The molecule has 0 fully saturated rings. The van der Waals surface area contributed by atoms with E-state index in [2.05, 4.69) is 44.2 Å². The molecule has 0 aliphatic carbocycles. The molecule has 0 aliphatic rings. The zero-order valence-corrected chi connectivity index (χ0v) is 10.3. The highest BCUT2D eigenvalue weighted by molar-refractivity contribution is 6.22. The zero-order valence-electron chi connectivity index (χ0n) is 9.57. The lowest BCUT2D eigenvalue weighted by Gasteiger charge is -2.13. The van der Waals surface area contributed by atoms with Gasteiger partial charge < -0.3 is 0 Å². The Labute approximate surface area is 102 Å². The van der Waals surface area contributed by atoms with Crippen LogP contribution in [0, 0.1) is 13.8 Å². The van der Waals surface area contributed by atoms with E-state index in [9.17, 15) is 0 Å². The van der Waals surface area contributed by atoms with Crippen LogP contribution in [0.3, 0.4) is 0 Å². The van der Waals surface area contributed by atoms with Gasteiger partial charge in [-0.3, -0.25) is 0 Å². The third-order valence-electron chi connectivity index (χ3n) is 2.80. The zero-order chi connectivity index (χ0) is 11.5. The monoisotopic (exact) mass is 230 g/mol. The molecule has 0 radical (unpaired) electrons. The molecule has 1 atom stereocenters. The van der Waals surface area contributed by atoms with E-state index in [0.29, 0.717) is 0 Å². The number of benzene rings is 2. The molecule has 0 saturated carbocycles. The molecule has 1 heteroatoms. The minimum absolute atomic E-state index is 0.0545. The van der Waals surface area contributed by atoms with E-state index in [-0.39, 0.29) is 5.38 Å². The highest BCUT2D eigenvalue weighted by atomic mass is 35.5. The largest absolute Gasteiger partial charge is 0.113 e. The number of alkyl halides is 1. The topological polar surface area (TPSA) is 0 Å². The predicted octanol–water partition coefficient (Wildman–Crippen LogP) is 4.63. The lowest BCUT2D eigenvalue weighted by atomic mass is 9.98. The Kier molecular flexibility index (Phi) is 3.31. The van der Waals surface area contributed by atoms with Gasteiger partial charge in [0.05, 0.1) is 5.38 Å². The molecule has 82 valence electrons. The molecule has 0 amide bonds. The second kappa shape index (κ2) is 4.71. The molecule has 0 heterocycles. The second-order valence-corrected chi connectivity index (χ2v) is 4.57. The smallest absolute Gasteiger partial charge is 0.0838 e. The Hall–Kier alpha value is -1.27. The van der Waals surface area contributed by atoms with Gasteiger partial charge in [0.25, 0.3) is 0 Å². The lowest BCUT2D eigenvalue weighted by molar-refractivity contribution is 1.10. The second-order valence-electron chi connectivity index (χ2n) is 4.13. The molecule has 0 N–H and O–H groups in total. The summed E-state index contributed by atoms with van der Waals surface area (Å²) in [5.41, 5.74) is 4.85. The van der Waals surface area contributed by atoms with Gasteiger partial charge in [0.2, 0.25) is 0 Å². The quantitative estimate of drug-likeness (QED) is 0.660. The van der Waals surface area contributed by atoms with E-state index in [0.717, 1.165) is 5.56 Å². The molecule has 0 aliphatic heterocycles. The first-order valence-electron chi connectivity index (χ1n) is 5.44. The average molecular weight is 231 g/mol. The van der Waals surface area contributed by atoms with Gasteiger partial charge in [0, 0.05) is 0 Å². The first-order chi connectivity index (χ1) is 7.68. The van der Waals surface area contributed by atoms with E-state index < -0.39 is 0 Å². The predicted molar refractivity (Wildman–Crippen MR) is 70.1 cm³/mol. The highest BCUT2D eigenvalue weighted by Crippen LogP contribution is 2.31. The van der Waals surface area contributed by atoms with Crippen LogP contribution in [-0.2, 0) is 0 Å². The normalized spacial score (nSPS) is 12.4. The number of halogens is 1. The van der Waals surface area contributed by atoms with Crippen molar-refractivity contribution in [3.05, 3.63) is 70.8 Å². The summed E-state index contributed by atoms with van der Waals surface area (Å²) in [6.07, 6.45) is 0. The molecule has 0 bridgehead atoms. The van der Waals surface area contributed by atoms with Crippen LogP contribution in [0.25, 0.3) is 0 Å². The van der Waals surface area contributed by atoms with E-state index in [1.54, 1.807) is 0 Å². The molecule has 0 nitrogen and oxygen atoms in total. The van der Waals surface area contributed by atoms with Crippen molar-refractivity contribution < 1.29 is 0 Å². The van der Waals surface area contributed by atoms with Crippen molar-refractivity contribution in [3.8, 4) is 0 Å². The Bertz CT molecular complexity index is 474. The van der Waals surface area contributed by atoms with E-state index >= 15 is 0 Å². The van der Waals surface area contributed by atoms with Crippen LogP contribution in [0.4, 0.5) is 0 Å². The van der Waals surface area contributed by atoms with Crippen molar-refractivity contribution in [2.75, 3.05) is 0 Å². The van der Waals surface area contributed by atoms with Crippen LogP contribution in [0.5, 0.6) is 0 Å². The van der Waals surface area contributed by atoms with Crippen LogP contribution < -0.4 is 0 Å². The molecule has 0 saturated heterocycles. The Morgan fingerprint density at radius 1 is 0.938 bits per heavy atom. The summed E-state index contributed by atoms with van der Waals surface area (Å²) >= 11 is 6.51. The van der Waals surface area contributed by atoms with Crippen molar-refractivity contribution in [1.29, 1.82) is 0 Å². The van der Waals surface area contributed by atoms with E-state index in [1.165, 1.54) is 16.7 Å². The van der Waals surface area contributed by atoms with E-state index in [4.69, 9.17) is 11.6 Å². The van der Waals surface area contributed by atoms with Gasteiger partial charge in [-0.05, 0) is 30.5 Å². The van der Waals surface area contributed by atoms with Gasteiger partial charge in [0.15, 0.2) is 0 Å². The number of aryl methyl sites for hydroxylation is 2. The molecule has 1 unspecified atom stereocenters.